The van der Waals surface area contributed by atoms with Crippen molar-refractivity contribution in [2.45, 2.75) is 6.54 Å². The lowest BCUT2D eigenvalue weighted by Crippen LogP contribution is -2.23. The summed E-state index contributed by atoms with van der Waals surface area (Å²) < 4.78 is 0. The van der Waals surface area contributed by atoms with E-state index in [1.165, 1.54) is 0 Å². The van der Waals surface area contributed by atoms with E-state index >= 15 is 0 Å². The predicted octanol–water partition coefficient (Wildman–Crippen LogP) is 1.38. The molecule has 0 atom stereocenters. The van der Waals surface area contributed by atoms with Crippen molar-refractivity contribution in [2.24, 2.45) is 0 Å². The molecule has 0 radical (unpaired) electrons. The van der Waals surface area contributed by atoms with Gasteiger partial charge >= 0.3 is 0 Å². The van der Waals surface area contributed by atoms with E-state index in [9.17, 15) is 4.79 Å². The molecule has 0 saturated heterocycles. The Hall–Kier alpha value is -2.47. The van der Waals surface area contributed by atoms with Gasteiger partial charge in [0.2, 0.25) is 0 Å². The molecule has 0 aromatic carbocycles. The lowest BCUT2D eigenvalue weighted by atomic mass is 10.2. The zero-order valence-electron chi connectivity index (χ0n) is 12.9. The van der Waals surface area contributed by atoms with E-state index in [4.69, 9.17) is 0 Å². The zero-order chi connectivity index (χ0) is 15.8. The molecular weight excluding hydrogens is 278 g/mol. The highest BCUT2D eigenvalue weighted by molar-refractivity contribution is 5.93. The van der Waals surface area contributed by atoms with Crippen LogP contribution in [0.1, 0.15) is 16.1 Å². The summed E-state index contributed by atoms with van der Waals surface area (Å²) in [6.45, 7) is 2.14. The summed E-state index contributed by atoms with van der Waals surface area (Å²) >= 11 is 0. The highest BCUT2D eigenvalue weighted by Crippen LogP contribution is 2.05. The van der Waals surface area contributed by atoms with Crippen LogP contribution in [0.25, 0.3) is 0 Å². The Morgan fingerprint density at radius 1 is 1.18 bits per heavy atom. The van der Waals surface area contributed by atoms with Crippen LogP contribution < -0.4 is 10.6 Å². The van der Waals surface area contributed by atoms with Crippen LogP contribution in [0.5, 0.6) is 0 Å². The van der Waals surface area contributed by atoms with E-state index in [1.807, 2.05) is 38.4 Å². The second-order valence-corrected chi connectivity index (χ2v) is 5.17. The number of carbonyl (C=O) groups is 1. The third kappa shape index (κ3) is 5.14. The summed E-state index contributed by atoms with van der Waals surface area (Å²) in [6.07, 6.45) is 3.28. The van der Waals surface area contributed by atoms with Crippen molar-refractivity contribution in [3.63, 3.8) is 0 Å². The fourth-order valence-corrected chi connectivity index (χ4v) is 1.82. The molecule has 2 aromatic rings. The Morgan fingerprint density at radius 2 is 2.05 bits per heavy atom. The number of rotatable bonds is 7. The molecule has 116 valence electrons. The Morgan fingerprint density at radius 3 is 2.68 bits per heavy atom. The van der Waals surface area contributed by atoms with Crippen LogP contribution in [0.4, 0.5) is 5.82 Å². The number of nitrogens with one attached hydrogen (secondary N) is 2. The number of nitrogens with zero attached hydrogens (tertiary/aromatic N) is 3. The van der Waals surface area contributed by atoms with Gasteiger partial charge in [-0.2, -0.15) is 0 Å². The number of aromatic nitrogens is 2. The van der Waals surface area contributed by atoms with E-state index < -0.39 is 0 Å². The second-order valence-electron chi connectivity index (χ2n) is 5.17. The minimum absolute atomic E-state index is 0.155. The van der Waals surface area contributed by atoms with Crippen LogP contribution in [-0.2, 0) is 6.54 Å². The van der Waals surface area contributed by atoms with Crippen LogP contribution in [-0.4, -0.2) is 48.0 Å². The van der Waals surface area contributed by atoms with Gasteiger partial charge in [0.15, 0.2) is 0 Å². The van der Waals surface area contributed by atoms with Gasteiger partial charge in [-0.1, -0.05) is 6.07 Å². The molecule has 6 nitrogen and oxygen atoms in total. The van der Waals surface area contributed by atoms with Crippen molar-refractivity contribution < 1.29 is 4.79 Å². The van der Waals surface area contributed by atoms with Crippen molar-refractivity contribution in [1.82, 2.24) is 20.2 Å². The fraction of sp³-hybridized carbons (Fsp3) is 0.312. The lowest BCUT2D eigenvalue weighted by molar-refractivity contribution is 0.0950. The maximum absolute atomic E-state index is 12.0. The monoisotopic (exact) mass is 299 g/mol. The van der Waals surface area contributed by atoms with Gasteiger partial charge in [0.1, 0.15) is 5.82 Å². The van der Waals surface area contributed by atoms with Gasteiger partial charge in [0, 0.05) is 25.5 Å². The Kier molecular flexibility index (Phi) is 5.85. The number of amides is 1. The quantitative estimate of drug-likeness (QED) is 0.808. The topological polar surface area (TPSA) is 70.2 Å². The third-order valence-corrected chi connectivity index (χ3v) is 3.05. The smallest absolute Gasteiger partial charge is 0.253 e. The van der Waals surface area contributed by atoms with E-state index in [0.29, 0.717) is 12.1 Å². The van der Waals surface area contributed by atoms with Crippen LogP contribution in [0.2, 0.25) is 0 Å². The molecule has 0 unspecified atom stereocenters. The van der Waals surface area contributed by atoms with Crippen molar-refractivity contribution >= 4 is 11.7 Å². The van der Waals surface area contributed by atoms with Gasteiger partial charge in [-0.25, -0.2) is 4.98 Å². The van der Waals surface area contributed by atoms with Gasteiger partial charge in [0.25, 0.3) is 5.91 Å². The molecule has 2 N–H and O–H groups in total. The Bertz CT molecular complexity index is 583. The highest BCUT2D eigenvalue weighted by Gasteiger charge is 2.06. The molecule has 2 rings (SSSR count). The number of carbonyl (C=O) groups excluding carboxylic acids is 1. The van der Waals surface area contributed by atoms with Gasteiger partial charge in [-0.05, 0) is 38.4 Å². The number of pyridine rings is 2. The number of likely N-dealkylation sites (N-methyl/N-ethyl adjacent to an activating group) is 1. The molecule has 0 bridgehead atoms. The molecular formula is C16H21N5O. The molecule has 0 fully saturated rings. The average molecular weight is 299 g/mol. The number of hydrogen-bond donors (Lipinski definition) is 2. The first-order valence-corrected chi connectivity index (χ1v) is 7.18. The van der Waals surface area contributed by atoms with E-state index in [-0.39, 0.29) is 5.91 Å². The molecule has 0 aliphatic heterocycles. The predicted molar refractivity (Wildman–Crippen MR) is 86.7 cm³/mol. The molecule has 0 spiro atoms. The summed E-state index contributed by atoms with van der Waals surface area (Å²) in [4.78, 5) is 22.5. The van der Waals surface area contributed by atoms with E-state index in [0.717, 1.165) is 24.6 Å². The van der Waals surface area contributed by atoms with E-state index in [2.05, 4.69) is 25.5 Å². The minimum atomic E-state index is -0.155. The van der Waals surface area contributed by atoms with Crippen LogP contribution in [0.3, 0.4) is 0 Å². The summed E-state index contributed by atoms with van der Waals surface area (Å²) in [5.74, 6) is 0.612. The largest absolute Gasteiger partial charge is 0.369 e. The Balaban J connectivity index is 1.83. The summed E-state index contributed by atoms with van der Waals surface area (Å²) in [5, 5.41) is 6.03. The minimum Gasteiger partial charge on any atom is -0.369 e. The van der Waals surface area contributed by atoms with E-state index in [1.54, 1.807) is 18.5 Å². The molecule has 1 amide bonds. The van der Waals surface area contributed by atoms with Crippen LogP contribution >= 0.6 is 0 Å². The zero-order valence-corrected chi connectivity index (χ0v) is 12.9. The number of anilines is 1. The first-order chi connectivity index (χ1) is 10.6. The van der Waals surface area contributed by atoms with Crippen LogP contribution in [0.15, 0.2) is 42.7 Å². The second kappa shape index (κ2) is 8.09. The van der Waals surface area contributed by atoms with Crippen molar-refractivity contribution in [2.75, 3.05) is 32.5 Å². The normalized spacial score (nSPS) is 10.5. The maximum atomic E-state index is 12.0. The molecule has 2 aromatic heterocycles. The number of hydrogen-bond acceptors (Lipinski definition) is 5. The molecule has 0 aliphatic rings. The Labute approximate surface area is 130 Å². The van der Waals surface area contributed by atoms with Crippen molar-refractivity contribution in [3.8, 4) is 0 Å². The van der Waals surface area contributed by atoms with Crippen LogP contribution in [0, 0.1) is 0 Å². The molecule has 2 heterocycles. The SMILES string of the molecule is CN(C)CCNc1ccc(C(=O)NCc2ccccn2)cn1. The summed E-state index contributed by atoms with van der Waals surface area (Å²) in [7, 11) is 4.04. The third-order valence-electron chi connectivity index (χ3n) is 3.05. The van der Waals surface area contributed by atoms with Crippen molar-refractivity contribution in [1.29, 1.82) is 0 Å². The lowest BCUT2D eigenvalue weighted by Gasteiger charge is -2.11. The van der Waals surface area contributed by atoms with Gasteiger partial charge < -0.3 is 15.5 Å². The fourth-order valence-electron chi connectivity index (χ4n) is 1.82. The summed E-state index contributed by atoms with van der Waals surface area (Å²) in [6, 6.07) is 9.18. The average Bonchev–Trinajstić information content (AvgIpc) is 2.54. The highest BCUT2D eigenvalue weighted by atomic mass is 16.1. The van der Waals surface area contributed by atoms with Crippen molar-refractivity contribution in [3.05, 3.63) is 54.0 Å². The molecule has 6 heteroatoms. The standard InChI is InChI=1S/C16H21N5O/c1-21(2)10-9-18-15-7-6-13(11-19-15)16(22)20-12-14-5-3-4-8-17-14/h3-8,11H,9-10,12H2,1-2H3,(H,18,19)(H,20,22). The van der Waals surface area contributed by atoms with Gasteiger partial charge in [-0.3, -0.25) is 9.78 Å². The maximum Gasteiger partial charge on any atom is 0.253 e. The first kappa shape index (κ1) is 15.9. The van der Waals surface area contributed by atoms with Gasteiger partial charge in [-0.15, -0.1) is 0 Å². The summed E-state index contributed by atoms with van der Waals surface area (Å²) in [5.41, 5.74) is 1.36. The molecule has 0 aliphatic carbocycles. The van der Waals surface area contributed by atoms with Gasteiger partial charge in [0.05, 0.1) is 17.8 Å². The molecule has 22 heavy (non-hydrogen) atoms. The first-order valence-electron chi connectivity index (χ1n) is 7.18. The molecule has 0 saturated carbocycles.